The summed E-state index contributed by atoms with van der Waals surface area (Å²) in [6.45, 7) is 4.48. The molecule has 0 unspecified atom stereocenters. The number of nitro benzene ring substituents is 1. The van der Waals surface area contributed by atoms with Crippen molar-refractivity contribution in [3.05, 3.63) is 80.9 Å². The van der Waals surface area contributed by atoms with Crippen molar-refractivity contribution in [1.29, 1.82) is 0 Å². The van der Waals surface area contributed by atoms with E-state index in [0.29, 0.717) is 17.3 Å². The van der Waals surface area contributed by atoms with Crippen LogP contribution in [-0.4, -0.2) is 32.2 Å². The maximum atomic E-state index is 12.9. The Balaban J connectivity index is 1.80. The Morgan fingerprint density at radius 3 is 2.72 bits per heavy atom. The van der Waals surface area contributed by atoms with Crippen molar-refractivity contribution in [3.8, 4) is 0 Å². The van der Waals surface area contributed by atoms with E-state index in [-0.39, 0.29) is 22.2 Å². The molecule has 1 saturated heterocycles. The number of carbonyl (C=O) groups excluding carboxylic acids is 1. The maximum Gasteiger partial charge on any atom is 0.288 e. The Labute approximate surface area is 178 Å². The molecule has 1 aliphatic heterocycles. The molecule has 0 spiro atoms. The summed E-state index contributed by atoms with van der Waals surface area (Å²) in [6.07, 6.45) is 2.97. The molecule has 1 fully saturated rings. The number of carbonyl (C=O) groups is 1. The van der Waals surface area contributed by atoms with Crippen molar-refractivity contribution < 1.29 is 9.72 Å². The third kappa shape index (κ3) is 5.05. The number of amidine groups is 1. The molecule has 2 aromatic carbocycles. The van der Waals surface area contributed by atoms with E-state index in [4.69, 9.17) is 11.6 Å². The van der Waals surface area contributed by atoms with E-state index in [2.05, 4.69) is 4.99 Å². The van der Waals surface area contributed by atoms with Crippen LogP contribution in [-0.2, 0) is 11.3 Å². The monoisotopic (exact) mass is 429 g/mol. The first-order valence-corrected chi connectivity index (χ1v) is 10.3. The van der Waals surface area contributed by atoms with Crippen LogP contribution in [0.1, 0.15) is 25.0 Å². The highest BCUT2D eigenvalue weighted by Gasteiger charge is 2.40. The van der Waals surface area contributed by atoms with E-state index in [1.54, 1.807) is 28.8 Å². The highest BCUT2D eigenvalue weighted by Crippen LogP contribution is 2.33. The second-order valence-electron chi connectivity index (χ2n) is 7.16. The van der Waals surface area contributed by atoms with Crippen LogP contribution >= 0.6 is 23.4 Å². The average Bonchev–Trinajstić information content (AvgIpc) is 3.00. The second kappa shape index (κ2) is 8.80. The Bertz CT molecular complexity index is 990. The summed E-state index contributed by atoms with van der Waals surface area (Å²) >= 11 is 7.39. The van der Waals surface area contributed by atoms with Gasteiger partial charge in [0.25, 0.3) is 11.6 Å². The quantitative estimate of drug-likeness (QED) is 0.373. The summed E-state index contributed by atoms with van der Waals surface area (Å²) in [4.78, 5) is 29.7. The zero-order chi connectivity index (χ0) is 21.0. The minimum Gasteiger partial charge on any atom is -0.281 e. The van der Waals surface area contributed by atoms with Crippen LogP contribution in [0.3, 0.4) is 0 Å². The molecule has 0 N–H and O–H groups in total. The summed E-state index contributed by atoms with van der Waals surface area (Å²) in [5, 5.41) is 11.8. The van der Waals surface area contributed by atoms with Crippen LogP contribution in [0.2, 0.25) is 5.02 Å². The zero-order valence-corrected chi connectivity index (χ0v) is 17.6. The van der Waals surface area contributed by atoms with Crippen LogP contribution in [0, 0.1) is 10.1 Å². The molecule has 150 valence electrons. The highest BCUT2D eigenvalue weighted by molar-refractivity contribution is 8.14. The van der Waals surface area contributed by atoms with Gasteiger partial charge in [0.15, 0.2) is 5.17 Å². The summed E-state index contributed by atoms with van der Waals surface area (Å²) in [6, 6.07) is 14.3. The van der Waals surface area contributed by atoms with Crippen molar-refractivity contribution in [2.45, 2.75) is 25.9 Å². The van der Waals surface area contributed by atoms with Gasteiger partial charge in [0.05, 0.1) is 17.0 Å². The number of nitrogens with zero attached hydrogens (tertiary/aromatic N) is 3. The van der Waals surface area contributed by atoms with Gasteiger partial charge in [-0.3, -0.25) is 24.8 Å². The molecular formula is C21H20ClN3O3S. The first kappa shape index (κ1) is 21.1. The fourth-order valence-corrected chi connectivity index (χ4v) is 4.32. The van der Waals surface area contributed by atoms with Crippen LogP contribution in [0.5, 0.6) is 0 Å². The van der Waals surface area contributed by atoms with Gasteiger partial charge in [0, 0.05) is 17.9 Å². The minimum atomic E-state index is -0.546. The molecule has 29 heavy (non-hydrogen) atoms. The SMILES string of the molecule is CC1(C)CSC(=NCc2ccccc2)N1C(=O)/C=C/c1ccc(Cl)c([N+](=O)[O-])c1. The average molecular weight is 430 g/mol. The lowest BCUT2D eigenvalue weighted by Gasteiger charge is -2.29. The summed E-state index contributed by atoms with van der Waals surface area (Å²) in [5.41, 5.74) is 1.03. The Morgan fingerprint density at radius 2 is 2.03 bits per heavy atom. The predicted molar refractivity (Wildman–Crippen MR) is 118 cm³/mol. The molecule has 0 saturated carbocycles. The Hall–Kier alpha value is -2.64. The van der Waals surface area contributed by atoms with E-state index >= 15 is 0 Å². The lowest BCUT2D eigenvalue weighted by molar-refractivity contribution is -0.384. The minimum absolute atomic E-state index is 0.0610. The van der Waals surface area contributed by atoms with Crippen molar-refractivity contribution in [3.63, 3.8) is 0 Å². The fraction of sp³-hybridized carbons (Fsp3) is 0.238. The van der Waals surface area contributed by atoms with Gasteiger partial charge >= 0.3 is 0 Å². The number of nitro groups is 1. The third-order valence-corrected chi connectivity index (χ3v) is 6.14. The first-order valence-electron chi connectivity index (χ1n) is 8.95. The van der Waals surface area contributed by atoms with Crippen molar-refractivity contribution in [2.24, 2.45) is 4.99 Å². The van der Waals surface area contributed by atoms with Gasteiger partial charge < -0.3 is 0 Å². The van der Waals surface area contributed by atoms with Crippen molar-refractivity contribution in [1.82, 2.24) is 4.90 Å². The third-order valence-electron chi connectivity index (χ3n) is 4.40. The summed E-state index contributed by atoms with van der Waals surface area (Å²) < 4.78 is 0. The molecule has 3 rings (SSSR count). The van der Waals surface area contributed by atoms with Crippen LogP contribution in [0.15, 0.2) is 59.6 Å². The van der Waals surface area contributed by atoms with E-state index < -0.39 is 4.92 Å². The first-order chi connectivity index (χ1) is 13.8. The second-order valence-corrected chi connectivity index (χ2v) is 8.51. The van der Waals surface area contributed by atoms with Gasteiger partial charge in [-0.1, -0.05) is 59.8 Å². The number of hydrogen-bond acceptors (Lipinski definition) is 5. The van der Waals surface area contributed by atoms with Crippen LogP contribution < -0.4 is 0 Å². The molecular weight excluding hydrogens is 410 g/mol. The molecule has 1 aliphatic rings. The molecule has 0 radical (unpaired) electrons. The smallest absolute Gasteiger partial charge is 0.281 e. The fourth-order valence-electron chi connectivity index (χ4n) is 2.90. The molecule has 0 aliphatic carbocycles. The normalized spacial score (nSPS) is 17.2. The molecule has 0 bridgehead atoms. The molecule has 6 nitrogen and oxygen atoms in total. The number of rotatable bonds is 5. The van der Waals surface area contributed by atoms with Gasteiger partial charge in [-0.25, -0.2) is 0 Å². The van der Waals surface area contributed by atoms with Gasteiger partial charge in [0.2, 0.25) is 0 Å². The number of thioether (sulfide) groups is 1. The molecule has 1 amide bonds. The van der Waals surface area contributed by atoms with E-state index in [0.717, 1.165) is 11.3 Å². The highest BCUT2D eigenvalue weighted by atomic mass is 35.5. The van der Waals surface area contributed by atoms with Gasteiger partial charge in [-0.05, 0) is 37.1 Å². The van der Waals surface area contributed by atoms with E-state index in [9.17, 15) is 14.9 Å². The molecule has 0 aromatic heterocycles. The van der Waals surface area contributed by atoms with E-state index in [1.165, 1.54) is 18.2 Å². The largest absolute Gasteiger partial charge is 0.288 e. The number of halogens is 1. The lowest BCUT2D eigenvalue weighted by Crippen LogP contribution is -2.45. The molecule has 0 atom stereocenters. The number of benzene rings is 2. The Kier molecular flexibility index (Phi) is 6.39. The summed E-state index contributed by atoms with van der Waals surface area (Å²) in [5.74, 6) is 0.525. The standard InChI is InChI=1S/C21H20ClN3O3S/c1-21(2)14-29-20(23-13-16-6-4-3-5-7-16)24(21)19(26)11-9-15-8-10-17(22)18(12-15)25(27)28/h3-12H,13-14H2,1-2H3/b11-9+,23-20?. The number of aliphatic imine (C=N–C) groups is 1. The maximum absolute atomic E-state index is 12.9. The molecule has 2 aromatic rings. The van der Waals surface area contributed by atoms with Gasteiger partial charge in [-0.15, -0.1) is 0 Å². The summed E-state index contributed by atoms with van der Waals surface area (Å²) in [7, 11) is 0. The van der Waals surface area contributed by atoms with Gasteiger partial charge in [0.1, 0.15) is 5.02 Å². The number of amides is 1. The zero-order valence-electron chi connectivity index (χ0n) is 16.0. The van der Waals surface area contributed by atoms with Crippen molar-refractivity contribution in [2.75, 3.05) is 5.75 Å². The molecule has 1 heterocycles. The molecule has 8 heteroatoms. The predicted octanol–water partition coefficient (Wildman–Crippen LogP) is 5.17. The van der Waals surface area contributed by atoms with Crippen molar-refractivity contribution >= 4 is 46.2 Å². The van der Waals surface area contributed by atoms with Crippen LogP contribution in [0.4, 0.5) is 5.69 Å². The number of hydrogen-bond donors (Lipinski definition) is 0. The topological polar surface area (TPSA) is 75.8 Å². The van der Waals surface area contributed by atoms with Gasteiger partial charge in [-0.2, -0.15) is 0 Å². The van der Waals surface area contributed by atoms with E-state index in [1.807, 2.05) is 44.2 Å². The van der Waals surface area contributed by atoms with Crippen LogP contribution in [0.25, 0.3) is 6.08 Å². The lowest BCUT2D eigenvalue weighted by atomic mass is 10.1. The Morgan fingerprint density at radius 1 is 1.31 bits per heavy atom.